The van der Waals surface area contributed by atoms with Gasteiger partial charge in [0.2, 0.25) is 5.95 Å². The fraction of sp³-hybridized carbons (Fsp3) is 0.444. The molecule has 1 aliphatic rings. The lowest BCUT2D eigenvalue weighted by Gasteiger charge is -2.14. The number of nitrogens with zero attached hydrogens (tertiary/aromatic N) is 2. The van der Waals surface area contributed by atoms with Crippen molar-refractivity contribution in [3.8, 4) is 0 Å². The first-order valence-corrected chi connectivity index (χ1v) is 9.07. The highest BCUT2D eigenvalue weighted by Crippen LogP contribution is 2.39. The number of nitrogens with one attached hydrogen (secondary N) is 2. The maximum atomic E-state index is 4.68. The average Bonchev–Trinajstić information content (AvgIpc) is 3.39. The molecular formula is C18H23BrN4. The van der Waals surface area contributed by atoms with Gasteiger partial charge in [0.05, 0.1) is 5.69 Å². The molecule has 0 amide bonds. The molecule has 1 atom stereocenters. The van der Waals surface area contributed by atoms with Gasteiger partial charge in [-0.3, -0.25) is 0 Å². The summed E-state index contributed by atoms with van der Waals surface area (Å²) in [5.74, 6) is 2.25. The van der Waals surface area contributed by atoms with Crippen LogP contribution in [-0.2, 0) is 6.54 Å². The number of anilines is 2. The molecule has 1 heterocycles. The SMILES string of the molecule is CC[C@@H](C)Nc1nc(NCc2ccc(Br)cc2)cc(C2CC2)n1. The van der Waals surface area contributed by atoms with Crippen molar-refractivity contribution in [3.05, 3.63) is 46.1 Å². The summed E-state index contributed by atoms with van der Waals surface area (Å²) in [6, 6.07) is 10.8. The third kappa shape index (κ3) is 4.67. The van der Waals surface area contributed by atoms with Crippen LogP contribution in [0.2, 0.25) is 0 Å². The van der Waals surface area contributed by atoms with E-state index in [0.717, 1.165) is 34.9 Å². The average molecular weight is 375 g/mol. The van der Waals surface area contributed by atoms with Crippen LogP contribution < -0.4 is 10.6 Å². The van der Waals surface area contributed by atoms with Gasteiger partial charge in [0.25, 0.3) is 0 Å². The molecule has 1 aromatic heterocycles. The van der Waals surface area contributed by atoms with Crippen molar-refractivity contribution >= 4 is 27.7 Å². The van der Waals surface area contributed by atoms with E-state index >= 15 is 0 Å². The highest BCUT2D eigenvalue weighted by molar-refractivity contribution is 9.10. The summed E-state index contributed by atoms with van der Waals surface area (Å²) in [6.07, 6.45) is 3.54. The van der Waals surface area contributed by atoms with Crippen molar-refractivity contribution in [3.63, 3.8) is 0 Å². The quantitative estimate of drug-likeness (QED) is 0.720. The zero-order valence-corrected chi connectivity index (χ0v) is 15.2. The number of benzene rings is 1. The van der Waals surface area contributed by atoms with Crippen molar-refractivity contribution in [2.24, 2.45) is 0 Å². The Balaban J connectivity index is 1.73. The van der Waals surface area contributed by atoms with Crippen LogP contribution in [0, 0.1) is 0 Å². The third-order valence-electron chi connectivity index (χ3n) is 4.12. The summed E-state index contributed by atoms with van der Waals surface area (Å²) in [7, 11) is 0. The molecule has 122 valence electrons. The van der Waals surface area contributed by atoms with E-state index in [1.165, 1.54) is 18.4 Å². The van der Waals surface area contributed by atoms with Crippen LogP contribution in [0.1, 0.15) is 50.3 Å². The third-order valence-corrected chi connectivity index (χ3v) is 4.65. The van der Waals surface area contributed by atoms with E-state index < -0.39 is 0 Å². The first-order valence-electron chi connectivity index (χ1n) is 8.28. The summed E-state index contributed by atoms with van der Waals surface area (Å²) in [5, 5.41) is 6.82. The molecule has 1 fully saturated rings. The lowest BCUT2D eigenvalue weighted by molar-refractivity contribution is 0.750. The van der Waals surface area contributed by atoms with Crippen LogP contribution in [0.25, 0.3) is 0 Å². The molecule has 1 aliphatic carbocycles. The highest BCUT2D eigenvalue weighted by Gasteiger charge is 2.26. The smallest absolute Gasteiger partial charge is 0.225 e. The fourth-order valence-electron chi connectivity index (χ4n) is 2.33. The molecule has 0 bridgehead atoms. The van der Waals surface area contributed by atoms with Crippen molar-refractivity contribution in [1.82, 2.24) is 9.97 Å². The van der Waals surface area contributed by atoms with E-state index in [9.17, 15) is 0 Å². The molecule has 0 radical (unpaired) electrons. The number of halogens is 1. The van der Waals surface area contributed by atoms with E-state index in [4.69, 9.17) is 0 Å². The zero-order valence-electron chi connectivity index (χ0n) is 13.6. The van der Waals surface area contributed by atoms with Gasteiger partial charge in [-0.05, 0) is 43.9 Å². The van der Waals surface area contributed by atoms with Crippen LogP contribution >= 0.6 is 15.9 Å². The lowest BCUT2D eigenvalue weighted by Crippen LogP contribution is -2.17. The molecule has 1 saturated carbocycles. The molecule has 0 spiro atoms. The van der Waals surface area contributed by atoms with E-state index in [1.807, 2.05) is 0 Å². The molecule has 0 aliphatic heterocycles. The van der Waals surface area contributed by atoms with Gasteiger partial charge in [-0.25, -0.2) is 4.98 Å². The predicted octanol–water partition coefficient (Wildman–Crippen LogP) is 4.94. The Morgan fingerprint density at radius 3 is 2.61 bits per heavy atom. The Labute approximate surface area is 146 Å². The normalized spacial score (nSPS) is 15.3. The van der Waals surface area contributed by atoms with Gasteiger partial charge in [0, 0.05) is 29.0 Å². The summed E-state index contributed by atoms with van der Waals surface area (Å²) >= 11 is 3.46. The highest BCUT2D eigenvalue weighted by atomic mass is 79.9. The molecule has 2 aromatic rings. The molecule has 23 heavy (non-hydrogen) atoms. The predicted molar refractivity (Wildman–Crippen MR) is 98.9 cm³/mol. The standard InChI is InChI=1S/C18H23BrN4/c1-3-12(2)21-18-22-16(14-6-7-14)10-17(23-18)20-11-13-4-8-15(19)9-5-13/h4-5,8-10,12,14H,3,6-7,11H2,1-2H3,(H2,20,21,22,23)/t12-/m1/s1. The number of hydrogen-bond acceptors (Lipinski definition) is 4. The second-order valence-corrected chi connectivity index (χ2v) is 7.13. The second-order valence-electron chi connectivity index (χ2n) is 6.21. The van der Waals surface area contributed by atoms with Crippen LogP contribution in [0.4, 0.5) is 11.8 Å². The Hall–Kier alpha value is -1.62. The van der Waals surface area contributed by atoms with Gasteiger partial charge >= 0.3 is 0 Å². The Bertz CT molecular complexity index is 653. The monoisotopic (exact) mass is 374 g/mol. The first kappa shape index (κ1) is 16.2. The largest absolute Gasteiger partial charge is 0.366 e. The Morgan fingerprint density at radius 2 is 1.96 bits per heavy atom. The summed E-state index contributed by atoms with van der Waals surface area (Å²) in [5.41, 5.74) is 2.39. The number of hydrogen-bond donors (Lipinski definition) is 2. The summed E-state index contributed by atoms with van der Waals surface area (Å²) in [4.78, 5) is 9.30. The second kappa shape index (κ2) is 7.30. The zero-order chi connectivity index (χ0) is 16.2. The van der Waals surface area contributed by atoms with Gasteiger partial charge in [0.1, 0.15) is 5.82 Å². The molecule has 0 saturated heterocycles. The van der Waals surface area contributed by atoms with Gasteiger partial charge < -0.3 is 10.6 Å². The topological polar surface area (TPSA) is 49.8 Å². The maximum Gasteiger partial charge on any atom is 0.225 e. The van der Waals surface area contributed by atoms with Crippen molar-refractivity contribution in [1.29, 1.82) is 0 Å². The molecular weight excluding hydrogens is 352 g/mol. The minimum Gasteiger partial charge on any atom is -0.366 e. The van der Waals surface area contributed by atoms with Crippen LogP contribution in [0.3, 0.4) is 0 Å². The molecule has 0 unspecified atom stereocenters. The molecule has 5 heteroatoms. The minimum atomic E-state index is 0.378. The molecule has 4 nitrogen and oxygen atoms in total. The fourth-order valence-corrected chi connectivity index (χ4v) is 2.59. The molecule has 3 rings (SSSR count). The number of aromatic nitrogens is 2. The number of rotatable bonds is 7. The van der Waals surface area contributed by atoms with Crippen LogP contribution in [0.15, 0.2) is 34.8 Å². The minimum absolute atomic E-state index is 0.378. The Morgan fingerprint density at radius 1 is 1.22 bits per heavy atom. The van der Waals surface area contributed by atoms with E-state index in [1.54, 1.807) is 0 Å². The summed E-state index contributed by atoms with van der Waals surface area (Å²) < 4.78 is 1.10. The van der Waals surface area contributed by atoms with Crippen LogP contribution in [-0.4, -0.2) is 16.0 Å². The van der Waals surface area contributed by atoms with Gasteiger partial charge in [-0.15, -0.1) is 0 Å². The van der Waals surface area contributed by atoms with Gasteiger partial charge in [0.15, 0.2) is 0 Å². The van der Waals surface area contributed by atoms with E-state index in [-0.39, 0.29) is 0 Å². The Kier molecular flexibility index (Phi) is 5.16. The van der Waals surface area contributed by atoms with E-state index in [0.29, 0.717) is 12.0 Å². The molecule has 2 N–H and O–H groups in total. The van der Waals surface area contributed by atoms with Crippen molar-refractivity contribution < 1.29 is 0 Å². The first-order chi connectivity index (χ1) is 11.1. The van der Waals surface area contributed by atoms with Gasteiger partial charge in [-0.1, -0.05) is 35.0 Å². The molecule has 1 aromatic carbocycles. The van der Waals surface area contributed by atoms with Crippen molar-refractivity contribution in [2.75, 3.05) is 10.6 Å². The maximum absolute atomic E-state index is 4.68. The van der Waals surface area contributed by atoms with Crippen molar-refractivity contribution in [2.45, 2.75) is 51.6 Å². The van der Waals surface area contributed by atoms with E-state index in [2.05, 4.69) is 80.7 Å². The van der Waals surface area contributed by atoms with Crippen LogP contribution in [0.5, 0.6) is 0 Å². The van der Waals surface area contributed by atoms with Gasteiger partial charge in [-0.2, -0.15) is 4.98 Å². The lowest BCUT2D eigenvalue weighted by atomic mass is 10.2. The summed E-state index contributed by atoms with van der Waals surface area (Å²) in [6.45, 7) is 5.08.